The van der Waals surface area contributed by atoms with Gasteiger partial charge in [-0.3, -0.25) is 4.79 Å². The zero-order chi connectivity index (χ0) is 15.2. The van der Waals surface area contributed by atoms with Crippen LogP contribution in [0.2, 0.25) is 0 Å². The monoisotopic (exact) mass is 291 g/mol. The van der Waals surface area contributed by atoms with E-state index in [9.17, 15) is 9.59 Å². The fraction of sp³-hybridized carbons (Fsp3) is 0.333. The van der Waals surface area contributed by atoms with Crippen LogP contribution in [-0.2, 0) is 16.0 Å². The Labute approximate surface area is 121 Å². The molecular weight excluding hydrogens is 274 g/mol. The molecule has 0 spiro atoms. The molecule has 2 rings (SSSR count). The SMILES string of the molecule is COCCOCCn1cc(C(=O)O)c(=O)c2ccccc21. The molecule has 6 heteroatoms. The number of fused-ring (bicyclic) bond motifs is 1. The third kappa shape index (κ3) is 3.48. The Morgan fingerprint density at radius 3 is 2.71 bits per heavy atom. The van der Waals surface area contributed by atoms with Gasteiger partial charge in [0.15, 0.2) is 0 Å². The van der Waals surface area contributed by atoms with Crippen LogP contribution in [0.4, 0.5) is 0 Å². The molecule has 0 radical (unpaired) electrons. The summed E-state index contributed by atoms with van der Waals surface area (Å²) in [6.07, 6.45) is 1.37. The number of carboxylic acids is 1. The van der Waals surface area contributed by atoms with Gasteiger partial charge in [-0.1, -0.05) is 12.1 Å². The second kappa shape index (κ2) is 7.01. The summed E-state index contributed by atoms with van der Waals surface area (Å²) < 4.78 is 12.0. The van der Waals surface area contributed by atoms with Gasteiger partial charge in [0.2, 0.25) is 5.43 Å². The van der Waals surface area contributed by atoms with E-state index in [2.05, 4.69) is 0 Å². The van der Waals surface area contributed by atoms with Crippen molar-refractivity contribution in [2.75, 3.05) is 26.9 Å². The number of carbonyl (C=O) groups is 1. The minimum absolute atomic E-state index is 0.231. The van der Waals surface area contributed by atoms with E-state index in [1.807, 2.05) is 6.07 Å². The average Bonchev–Trinajstić information content (AvgIpc) is 2.49. The number of rotatable bonds is 7. The number of hydrogen-bond acceptors (Lipinski definition) is 4. The first kappa shape index (κ1) is 15.2. The third-order valence-electron chi connectivity index (χ3n) is 3.13. The number of aromatic carboxylic acids is 1. The van der Waals surface area contributed by atoms with Crippen LogP contribution in [0.3, 0.4) is 0 Å². The van der Waals surface area contributed by atoms with Crippen molar-refractivity contribution in [2.24, 2.45) is 0 Å². The molecule has 0 saturated carbocycles. The first-order valence-electron chi connectivity index (χ1n) is 6.57. The highest BCUT2D eigenvalue weighted by Gasteiger charge is 2.13. The van der Waals surface area contributed by atoms with Gasteiger partial charge in [0.1, 0.15) is 5.56 Å². The third-order valence-corrected chi connectivity index (χ3v) is 3.13. The van der Waals surface area contributed by atoms with Crippen molar-refractivity contribution in [3.05, 3.63) is 46.2 Å². The quantitative estimate of drug-likeness (QED) is 0.779. The van der Waals surface area contributed by atoms with Crippen LogP contribution < -0.4 is 5.43 Å². The molecule has 112 valence electrons. The van der Waals surface area contributed by atoms with E-state index in [-0.39, 0.29) is 5.56 Å². The highest BCUT2D eigenvalue weighted by Crippen LogP contribution is 2.11. The first-order chi connectivity index (χ1) is 10.1. The highest BCUT2D eigenvalue weighted by molar-refractivity contribution is 5.92. The molecule has 2 aromatic rings. The van der Waals surface area contributed by atoms with Crippen LogP contribution in [0.5, 0.6) is 0 Å². The number of ether oxygens (including phenoxy) is 2. The number of nitrogens with zero attached hydrogens (tertiary/aromatic N) is 1. The van der Waals surface area contributed by atoms with Crippen LogP contribution in [0.25, 0.3) is 10.9 Å². The summed E-state index contributed by atoms with van der Waals surface area (Å²) in [5.74, 6) is -1.22. The molecule has 0 aliphatic carbocycles. The summed E-state index contributed by atoms with van der Waals surface area (Å²) in [7, 11) is 1.59. The number of methoxy groups -OCH3 is 1. The summed E-state index contributed by atoms with van der Waals surface area (Å²) in [5, 5.41) is 9.53. The number of benzene rings is 1. The van der Waals surface area contributed by atoms with Crippen LogP contribution in [0.15, 0.2) is 35.3 Å². The van der Waals surface area contributed by atoms with Gasteiger partial charge in [0.05, 0.1) is 25.3 Å². The fourth-order valence-electron chi connectivity index (χ4n) is 2.09. The summed E-state index contributed by atoms with van der Waals surface area (Å²) >= 11 is 0. The van der Waals surface area contributed by atoms with E-state index < -0.39 is 11.4 Å². The predicted molar refractivity (Wildman–Crippen MR) is 77.9 cm³/mol. The molecule has 0 bridgehead atoms. The van der Waals surface area contributed by atoms with Gasteiger partial charge in [-0.15, -0.1) is 0 Å². The van der Waals surface area contributed by atoms with E-state index in [1.165, 1.54) is 6.20 Å². The number of carboxylic acid groups (broad SMARTS) is 1. The molecule has 1 aromatic carbocycles. The van der Waals surface area contributed by atoms with E-state index in [1.54, 1.807) is 29.9 Å². The molecule has 0 amide bonds. The van der Waals surface area contributed by atoms with Gasteiger partial charge in [0.25, 0.3) is 0 Å². The maximum atomic E-state index is 12.1. The Bertz CT molecular complexity index is 692. The summed E-state index contributed by atoms with van der Waals surface area (Å²) in [6, 6.07) is 6.95. The Balaban J connectivity index is 2.31. The summed E-state index contributed by atoms with van der Waals surface area (Å²) in [5.41, 5.74) is 0.00286. The van der Waals surface area contributed by atoms with Crippen LogP contribution >= 0.6 is 0 Å². The van der Waals surface area contributed by atoms with Gasteiger partial charge >= 0.3 is 5.97 Å². The first-order valence-corrected chi connectivity index (χ1v) is 6.57. The summed E-state index contributed by atoms with van der Waals surface area (Å²) in [6.45, 7) is 1.85. The largest absolute Gasteiger partial charge is 0.477 e. The van der Waals surface area contributed by atoms with Crippen molar-refractivity contribution < 1.29 is 19.4 Å². The number of para-hydroxylation sites is 1. The van der Waals surface area contributed by atoms with Crippen LogP contribution in [0, 0.1) is 0 Å². The van der Waals surface area contributed by atoms with Crippen molar-refractivity contribution in [1.82, 2.24) is 4.57 Å². The van der Waals surface area contributed by atoms with Crippen molar-refractivity contribution >= 4 is 16.9 Å². The van der Waals surface area contributed by atoms with Gasteiger partial charge in [-0.25, -0.2) is 4.79 Å². The van der Waals surface area contributed by atoms with E-state index in [4.69, 9.17) is 14.6 Å². The van der Waals surface area contributed by atoms with Gasteiger partial charge in [-0.2, -0.15) is 0 Å². The highest BCUT2D eigenvalue weighted by atomic mass is 16.5. The normalized spacial score (nSPS) is 10.9. The topological polar surface area (TPSA) is 77.8 Å². The maximum absolute atomic E-state index is 12.1. The van der Waals surface area contributed by atoms with Crippen molar-refractivity contribution in [1.29, 1.82) is 0 Å². The lowest BCUT2D eigenvalue weighted by molar-refractivity contribution is 0.0663. The molecule has 1 aromatic heterocycles. The molecule has 21 heavy (non-hydrogen) atoms. The Hall–Kier alpha value is -2.18. The van der Waals surface area contributed by atoms with Gasteiger partial charge in [-0.05, 0) is 12.1 Å². The smallest absolute Gasteiger partial charge is 0.341 e. The molecule has 1 N–H and O–H groups in total. The van der Waals surface area contributed by atoms with E-state index in [0.717, 1.165) is 0 Å². The molecule has 0 saturated heterocycles. The van der Waals surface area contributed by atoms with Gasteiger partial charge < -0.3 is 19.1 Å². The van der Waals surface area contributed by atoms with Crippen LogP contribution in [0.1, 0.15) is 10.4 Å². The Morgan fingerprint density at radius 2 is 2.00 bits per heavy atom. The van der Waals surface area contributed by atoms with Crippen molar-refractivity contribution in [3.63, 3.8) is 0 Å². The molecule has 1 heterocycles. The standard InChI is InChI=1S/C15H17NO5/c1-20-8-9-21-7-6-16-10-12(15(18)19)14(17)11-4-2-3-5-13(11)16/h2-5,10H,6-9H2,1H3,(H,18,19). The van der Waals surface area contributed by atoms with E-state index in [0.29, 0.717) is 37.3 Å². The Kier molecular flexibility index (Phi) is 5.08. The number of pyridine rings is 1. The van der Waals surface area contributed by atoms with Crippen molar-refractivity contribution in [3.8, 4) is 0 Å². The zero-order valence-electron chi connectivity index (χ0n) is 11.7. The molecular formula is C15H17NO5. The maximum Gasteiger partial charge on any atom is 0.341 e. The fourth-order valence-corrected chi connectivity index (χ4v) is 2.09. The van der Waals surface area contributed by atoms with Gasteiger partial charge in [0, 0.05) is 25.2 Å². The molecule has 0 unspecified atom stereocenters. The van der Waals surface area contributed by atoms with E-state index >= 15 is 0 Å². The second-order valence-corrected chi connectivity index (χ2v) is 4.49. The molecule has 0 atom stereocenters. The lowest BCUT2D eigenvalue weighted by atomic mass is 10.1. The zero-order valence-corrected chi connectivity index (χ0v) is 11.7. The molecule has 0 fully saturated rings. The van der Waals surface area contributed by atoms with Crippen molar-refractivity contribution in [2.45, 2.75) is 6.54 Å². The molecule has 6 nitrogen and oxygen atoms in total. The minimum atomic E-state index is -1.22. The average molecular weight is 291 g/mol. The number of hydrogen-bond donors (Lipinski definition) is 1. The van der Waals surface area contributed by atoms with Crippen LogP contribution in [-0.4, -0.2) is 42.6 Å². The number of aromatic nitrogens is 1. The predicted octanol–water partition coefficient (Wildman–Crippen LogP) is 1.36. The lowest BCUT2D eigenvalue weighted by Crippen LogP contribution is -2.20. The minimum Gasteiger partial charge on any atom is -0.477 e. The molecule has 0 aliphatic heterocycles. The molecule has 0 aliphatic rings. The Morgan fingerprint density at radius 1 is 1.24 bits per heavy atom. The lowest BCUT2D eigenvalue weighted by Gasteiger charge is -2.12. The summed E-state index contributed by atoms with van der Waals surface area (Å²) in [4.78, 5) is 23.3. The second-order valence-electron chi connectivity index (χ2n) is 4.49.